The van der Waals surface area contributed by atoms with Gasteiger partial charge in [-0.05, 0) is 52.2 Å². The molecule has 0 amide bonds. The average molecular weight is 258 g/mol. The van der Waals surface area contributed by atoms with E-state index in [1.54, 1.807) is 10.6 Å². The fraction of sp³-hybridized carbons (Fsp3) is 0.438. The monoisotopic (exact) mass is 258 g/mol. The summed E-state index contributed by atoms with van der Waals surface area (Å²) >= 11 is 1.93. The Morgan fingerprint density at radius 1 is 1.00 bits per heavy atom. The zero-order valence-electron chi connectivity index (χ0n) is 11.4. The lowest BCUT2D eigenvalue weighted by Crippen LogP contribution is -2.36. The van der Waals surface area contributed by atoms with Gasteiger partial charge in [0.25, 0.3) is 0 Å². The number of aryl methyl sites for hydroxylation is 4. The van der Waals surface area contributed by atoms with Crippen molar-refractivity contribution < 1.29 is 4.57 Å². The van der Waals surface area contributed by atoms with Gasteiger partial charge >= 0.3 is 0 Å². The first-order chi connectivity index (χ1) is 8.66. The predicted octanol–water partition coefficient (Wildman–Crippen LogP) is 3.83. The number of fused-ring (bicyclic) bond motifs is 1. The molecule has 0 atom stereocenters. The third kappa shape index (κ3) is 1.89. The molecule has 2 heteroatoms. The Hall–Kier alpha value is -1.15. The van der Waals surface area contributed by atoms with Crippen molar-refractivity contribution >= 4 is 11.3 Å². The Morgan fingerprint density at radius 3 is 2.39 bits per heavy atom. The molecule has 0 N–H and O–H groups in total. The summed E-state index contributed by atoms with van der Waals surface area (Å²) in [7, 11) is 0. The Morgan fingerprint density at radius 2 is 1.67 bits per heavy atom. The van der Waals surface area contributed by atoms with E-state index in [0.29, 0.717) is 0 Å². The van der Waals surface area contributed by atoms with Crippen LogP contribution in [-0.2, 0) is 12.8 Å². The van der Waals surface area contributed by atoms with Crippen LogP contribution in [-0.4, -0.2) is 0 Å². The minimum Gasteiger partial charge on any atom is -0.153 e. The van der Waals surface area contributed by atoms with Crippen LogP contribution in [0.4, 0.5) is 0 Å². The van der Waals surface area contributed by atoms with Crippen molar-refractivity contribution in [2.45, 2.75) is 46.5 Å². The van der Waals surface area contributed by atoms with Crippen LogP contribution in [0.15, 0.2) is 17.6 Å². The maximum absolute atomic E-state index is 2.45. The minimum atomic E-state index is 1.24. The Bertz CT molecular complexity index is 572. The Labute approximate surface area is 113 Å². The predicted molar refractivity (Wildman–Crippen MR) is 76.7 cm³/mol. The lowest BCUT2D eigenvalue weighted by atomic mass is 10.0. The van der Waals surface area contributed by atoms with Crippen molar-refractivity contribution in [3.63, 3.8) is 0 Å². The van der Waals surface area contributed by atoms with Crippen LogP contribution in [0, 0.1) is 20.8 Å². The SMILES string of the molecule is Cc1cc(C)c(-[n+]2csc3c2CCCC3)c(C)c1. The molecular formula is C16H20NS+. The Kier molecular flexibility index (Phi) is 2.98. The second-order valence-corrected chi connectivity index (χ2v) is 6.36. The van der Waals surface area contributed by atoms with Crippen molar-refractivity contribution in [3.8, 4) is 5.69 Å². The molecule has 0 fully saturated rings. The van der Waals surface area contributed by atoms with Crippen molar-refractivity contribution in [2.75, 3.05) is 0 Å². The van der Waals surface area contributed by atoms with Crippen LogP contribution in [0.25, 0.3) is 5.69 Å². The summed E-state index contributed by atoms with van der Waals surface area (Å²) in [6.07, 6.45) is 5.22. The number of aromatic nitrogens is 1. The summed E-state index contributed by atoms with van der Waals surface area (Å²) in [6, 6.07) is 4.59. The number of rotatable bonds is 1. The molecule has 0 unspecified atom stereocenters. The van der Waals surface area contributed by atoms with E-state index in [4.69, 9.17) is 0 Å². The smallest absolute Gasteiger partial charge is 0.153 e. The van der Waals surface area contributed by atoms with Gasteiger partial charge in [0.2, 0.25) is 16.9 Å². The number of thiazole rings is 1. The molecule has 0 bridgehead atoms. The molecule has 1 heterocycles. The molecule has 2 aromatic rings. The second kappa shape index (κ2) is 4.51. The van der Waals surface area contributed by atoms with E-state index < -0.39 is 0 Å². The molecule has 1 aromatic heterocycles. The largest absolute Gasteiger partial charge is 0.231 e. The van der Waals surface area contributed by atoms with E-state index in [2.05, 4.69) is 43.0 Å². The molecule has 0 saturated heterocycles. The molecule has 0 spiro atoms. The van der Waals surface area contributed by atoms with Gasteiger partial charge < -0.3 is 0 Å². The quantitative estimate of drug-likeness (QED) is 0.684. The van der Waals surface area contributed by atoms with Crippen molar-refractivity contribution in [2.24, 2.45) is 0 Å². The van der Waals surface area contributed by atoms with Crippen molar-refractivity contribution in [1.29, 1.82) is 0 Å². The topological polar surface area (TPSA) is 3.88 Å². The summed E-state index contributed by atoms with van der Waals surface area (Å²) in [5.74, 6) is 0. The third-order valence-corrected chi connectivity index (χ3v) is 4.90. The maximum Gasteiger partial charge on any atom is 0.231 e. The number of benzene rings is 1. The van der Waals surface area contributed by atoms with Gasteiger partial charge in [0.1, 0.15) is 0 Å². The molecule has 0 aliphatic heterocycles. The fourth-order valence-electron chi connectivity index (χ4n) is 3.16. The van der Waals surface area contributed by atoms with E-state index in [-0.39, 0.29) is 0 Å². The van der Waals surface area contributed by atoms with Crippen LogP contribution in [0.1, 0.15) is 40.1 Å². The van der Waals surface area contributed by atoms with Crippen molar-refractivity contribution in [1.82, 2.24) is 0 Å². The van der Waals surface area contributed by atoms with Gasteiger partial charge in [-0.1, -0.05) is 16.9 Å². The van der Waals surface area contributed by atoms with Crippen LogP contribution < -0.4 is 4.57 Å². The van der Waals surface area contributed by atoms with Crippen molar-refractivity contribution in [3.05, 3.63) is 44.9 Å². The summed E-state index contributed by atoms with van der Waals surface area (Å²) in [4.78, 5) is 1.60. The molecule has 0 saturated carbocycles. The van der Waals surface area contributed by atoms with E-state index in [9.17, 15) is 0 Å². The highest BCUT2D eigenvalue weighted by Gasteiger charge is 2.26. The third-order valence-electron chi connectivity index (χ3n) is 3.86. The van der Waals surface area contributed by atoms with Gasteiger partial charge in [-0.15, -0.1) is 0 Å². The summed E-state index contributed by atoms with van der Waals surface area (Å²) in [6.45, 7) is 6.64. The van der Waals surface area contributed by atoms with Gasteiger partial charge in [0.15, 0.2) is 0 Å². The van der Waals surface area contributed by atoms with Gasteiger partial charge in [0.05, 0.1) is 4.88 Å². The summed E-state index contributed by atoms with van der Waals surface area (Å²) < 4.78 is 2.45. The maximum atomic E-state index is 2.45. The van der Waals surface area contributed by atoms with Gasteiger partial charge in [-0.2, -0.15) is 4.57 Å². The molecule has 1 aromatic carbocycles. The first-order valence-corrected chi connectivity index (χ1v) is 7.64. The summed E-state index contributed by atoms with van der Waals surface area (Å²) in [5.41, 5.74) is 9.41. The van der Waals surface area contributed by atoms with E-state index in [0.717, 1.165) is 0 Å². The first kappa shape index (κ1) is 11.9. The van der Waals surface area contributed by atoms with Crippen LogP contribution in [0.2, 0.25) is 0 Å². The Balaban J connectivity index is 2.18. The average Bonchev–Trinajstić information content (AvgIpc) is 2.72. The minimum absolute atomic E-state index is 1.24. The van der Waals surface area contributed by atoms with Crippen LogP contribution in [0.3, 0.4) is 0 Å². The molecule has 1 aliphatic rings. The fourth-order valence-corrected chi connectivity index (χ4v) is 4.23. The standard InChI is InChI=1S/C16H20NS/c1-11-8-12(2)16(13(3)9-11)17-10-18-15-7-5-4-6-14(15)17/h8-10H,4-7H2,1-3H3/q+1. The molecule has 1 aliphatic carbocycles. The highest BCUT2D eigenvalue weighted by molar-refractivity contribution is 7.09. The van der Waals surface area contributed by atoms with Gasteiger partial charge in [-0.25, -0.2) is 0 Å². The van der Waals surface area contributed by atoms with Gasteiger partial charge in [0, 0.05) is 17.5 Å². The number of hydrogen-bond donors (Lipinski definition) is 0. The van der Waals surface area contributed by atoms with E-state index >= 15 is 0 Å². The molecule has 1 nitrogen and oxygen atoms in total. The lowest BCUT2D eigenvalue weighted by molar-refractivity contribution is -0.600. The lowest BCUT2D eigenvalue weighted by Gasteiger charge is -2.10. The second-order valence-electron chi connectivity index (χ2n) is 5.42. The van der Waals surface area contributed by atoms with Crippen LogP contribution >= 0.6 is 11.3 Å². The highest BCUT2D eigenvalue weighted by Crippen LogP contribution is 2.25. The van der Waals surface area contributed by atoms with E-state index in [1.807, 2.05) is 11.3 Å². The summed E-state index contributed by atoms with van der Waals surface area (Å²) in [5, 5.41) is 0. The van der Waals surface area contributed by atoms with Gasteiger partial charge in [-0.3, -0.25) is 0 Å². The molecule has 18 heavy (non-hydrogen) atoms. The normalized spacial score (nSPS) is 14.6. The molecule has 94 valence electrons. The highest BCUT2D eigenvalue weighted by atomic mass is 32.1. The van der Waals surface area contributed by atoms with E-state index in [1.165, 1.54) is 48.1 Å². The molecule has 0 radical (unpaired) electrons. The number of hydrogen-bond acceptors (Lipinski definition) is 1. The zero-order chi connectivity index (χ0) is 12.7. The number of nitrogens with zero attached hydrogens (tertiary/aromatic N) is 1. The molecular weight excluding hydrogens is 238 g/mol. The first-order valence-electron chi connectivity index (χ1n) is 6.76. The molecule has 3 rings (SSSR count). The zero-order valence-corrected chi connectivity index (χ0v) is 12.2. The van der Waals surface area contributed by atoms with Crippen LogP contribution in [0.5, 0.6) is 0 Å².